The fraction of sp³-hybridized carbons (Fsp3) is 0.750. The lowest BCUT2D eigenvalue weighted by atomic mass is 9.92. The van der Waals surface area contributed by atoms with E-state index in [0.717, 1.165) is 30.6 Å². The molecule has 1 fully saturated rings. The molecule has 0 aliphatic carbocycles. The molecule has 1 aromatic heterocycles. The van der Waals surface area contributed by atoms with Gasteiger partial charge in [-0.05, 0) is 32.6 Å². The van der Waals surface area contributed by atoms with Crippen molar-refractivity contribution in [2.24, 2.45) is 5.92 Å². The maximum atomic E-state index is 4.73. The van der Waals surface area contributed by atoms with Crippen molar-refractivity contribution in [1.82, 2.24) is 15.3 Å². The average molecular weight is 276 g/mol. The van der Waals surface area contributed by atoms with Gasteiger partial charge in [-0.15, -0.1) is 0 Å². The van der Waals surface area contributed by atoms with Crippen molar-refractivity contribution in [3.05, 3.63) is 17.5 Å². The number of hydrogen-bond donors (Lipinski definition) is 1. The Labute approximate surface area is 123 Å². The molecule has 1 N–H and O–H groups in total. The third-order valence-corrected chi connectivity index (χ3v) is 4.40. The van der Waals surface area contributed by atoms with Crippen molar-refractivity contribution < 1.29 is 0 Å². The van der Waals surface area contributed by atoms with E-state index >= 15 is 0 Å². The summed E-state index contributed by atoms with van der Waals surface area (Å²) in [5.41, 5.74) is 2.29. The molecular weight excluding hydrogens is 248 g/mol. The van der Waals surface area contributed by atoms with Crippen molar-refractivity contribution in [3.63, 3.8) is 0 Å². The average Bonchev–Trinajstić information content (AvgIpc) is 2.40. The zero-order valence-electron chi connectivity index (χ0n) is 13.5. The number of piperidine rings is 1. The van der Waals surface area contributed by atoms with Gasteiger partial charge in [0.1, 0.15) is 0 Å². The molecule has 4 nitrogen and oxygen atoms in total. The van der Waals surface area contributed by atoms with Crippen LogP contribution in [0.1, 0.15) is 51.8 Å². The third kappa shape index (κ3) is 3.48. The molecule has 2 rings (SSSR count). The highest BCUT2D eigenvalue weighted by atomic mass is 15.3. The summed E-state index contributed by atoms with van der Waals surface area (Å²) in [7, 11) is 0. The number of rotatable bonds is 4. The van der Waals surface area contributed by atoms with E-state index in [4.69, 9.17) is 4.98 Å². The Morgan fingerprint density at radius 3 is 2.80 bits per heavy atom. The standard InChI is InChI=1S/C16H28N4/c1-11(2)17-9-15-10-18-16(19-13(15)4)20-8-6-7-12(3)14(20)5/h10-12,14,17H,6-9H2,1-5H3. The van der Waals surface area contributed by atoms with Crippen LogP contribution in [0.4, 0.5) is 5.95 Å². The lowest BCUT2D eigenvalue weighted by Crippen LogP contribution is -2.43. The second-order valence-electron chi connectivity index (χ2n) is 6.37. The fourth-order valence-corrected chi connectivity index (χ4v) is 2.72. The van der Waals surface area contributed by atoms with Gasteiger partial charge in [0.15, 0.2) is 0 Å². The summed E-state index contributed by atoms with van der Waals surface area (Å²) in [6.07, 6.45) is 4.54. The first-order chi connectivity index (χ1) is 9.49. The van der Waals surface area contributed by atoms with E-state index in [1.54, 1.807) is 0 Å². The lowest BCUT2D eigenvalue weighted by molar-refractivity contribution is 0.359. The van der Waals surface area contributed by atoms with Gasteiger partial charge >= 0.3 is 0 Å². The Hall–Kier alpha value is -1.16. The SMILES string of the molecule is Cc1nc(N2CCCC(C)C2C)ncc1CNC(C)C. The van der Waals surface area contributed by atoms with Crippen molar-refractivity contribution in [2.45, 2.75) is 66.1 Å². The first-order valence-electron chi connectivity index (χ1n) is 7.81. The smallest absolute Gasteiger partial charge is 0.225 e. The van der Waals surface area contributed by atoms with Gasteiger partial charge in [-0.1, -0.05) is 20.8 Å². The highest BCUT2D eigenvalue weighted by Gasteiger charge is 2.26. The van der Waals surface area contributed by atoms with Crippen molar-refractivity contribution in [3.8, 4) is 0 Å². The maximum Gasteiger partial charge on any atom is 0.225 e. The van der Waals surface area contributed by atoms with Crippen molar-refractivity contribution in [2.75, 3.05) is 11.4 Å². The van der Waals surface area contributed by atoms with Gasteiger partial charge in [-0.25, -0.2) is 9.97 Å². The Morgan fingerprint density at radius 2 is 2.15 bits per heavy atom. The third-order valence-electron chi connectivity index (χ3n) is 4.40. The molecule has 1 aliphatic rings. The second-order valence-corrected chi connectivity index (χ2v) is 6.37. The molecule has 2 atom stereocenters. The molecule has 0 saturated carbocycles. The van der Waals surface area contributed by atoms with E-state index in [0.29, 0.717) is 12.1 Å². The van der Waals surface area contributed by atoms with Crippen LogP contribution in [0.2, 0.25) is 0 Å². The molecule has 4 heteroatoms. The fourth-order valence-electron chi connectivity index (χ4n) is 2.72. The second kappa shape index (κ2) is 6.53. The number of aryl methyl sites for hydroxylation is 1. The van der Waals surface area contributed by atoms with Crippen LogP contribution < -0.4 is 10.2 Å². The van der Waals surface area contributed by atoms with Crippen LogP contribution in [0.25, 0.3) is 0 Å². The summed E-state index contributed by atoms with van der Waals surface area (Å²) in [5, 5.41) is 3.42. The zero-order chi connectivity index (χ0) is 14.7. The highest BCUT2D eigenvalue weighted by molar-refractivity contribution is 5.35. The van der Waals surface area contributed by atoms with Gasteiger partial charge in [0.2, 0.25) is 5.95 Å². The zero-order valence-corrected chi connectivity index (χ0v) is 13.5. The van der Waals surface area contributed by atoms with E-state index in [1.165, 1.54) is 18.4 Å². The molecule has 20 heavy (non-hydrogen) atoms. The molecule has 1 aromatic rings. The molecule has 2 heterocycles. The van der Waals surface area contributed by atoms with Gasteiger partial charge in [-0.3, -0.25) is 0 Å². The molecule has 0 amide bonds. The first-order valence-corrected chi connectivity index (χ1v) is 7.81. The molecule has 0 radical (unpaired) electrons. The number of anilines is 1. The van der Waals surface area contributed by atoms with Gasteiger partial charge in [0.05, 0.1) is 0 Å². The predicted octanol–water partition coefficient (Wildman–Crippen LogP) is 2.91. The number of nitrogens with one attached hydrogen (secondary N) is 1. The predicted molar refractivity (Wildman–Crippen MR) is 84.0 cm³/mol. The summed E-state index contributed by atoms with van der Waals surface area (Å²) < 4.78 is 0. The normalized spacial score (nSPS) is 23.4. The quantitative estimate of drug-likeness (QED) is 0.918. The monoisotopic (exact) mass is 276 g/mol. The van der Waals surface area contributed by atoms with Crippen LogP contribution in [0.15, 0.2) is 6.20 Å². The van der Waals surface area contributed by atoms with Gasteiger partial charge in [0, 0.05) is 42.6 Å². The number of hydrogen-bond acceptors (Lipinski definition) is 4. The summed E-state index contributed by atoms with van der Waals surface area (Å²) >= 11 is 0. The number of aromatic nitrogens is 2. The van der Waals surface area contributed by atoms with E-state index in [9.17, 15) is 0 Å². The summed E-state index contributed by atoms with van der Waals surface area (Å²) in [6, 6.07) is 1.01. The van der Waals surface area contributed by atoms with Crippen LogP contribution >= 0.6 is 0 Å². The lowest BCUT2D eigenvalue weighted by Gasteiger charge is -2.38. The summed E-state index contributed by atoms with van der Waals surface area (Å²) in [4.78, 5) is 11.7. The Morgan fingerprint density at radius 1 is 1.40 bits per heavy atom. The molecule has 2 unspecified atom stereocenters. The minimum Gasteiger partial charge on any atom is -0.338 e. The summed E-state index contributed by atoms with van der Waals surface area (Å²) in [5.74, 6) is 1.62. The van der Waals surface area contributed by atoms with E-state index in [2.05, 4.69) is 49.8 Å². The first kappa shape index (κ1) is 15.2. The molecule has 1 aliphatic heterocycles. The van der Waals surface area contributed by atoms with Crippen molar-refractivity contribution in [1.29, 1.82) is 0 Å². The minimum atomic E-state index is 0.483. The van der Waals surface area contributed by atoms with Crippen LogP contribution in [0, 0.1) is 12.8 Å². The molecule has 0 spiro atoms. The Kier molecular flexibility index (Phi) is 4.97. The van der Waals surface area contributed by atoms with E-state index < -0.39 is 0 Å². The minimum absolute atomic E-state index is 0.483. The van der Waals surface area contributed by atoms with Crippen LogP contribution in [-0.2, 0) is 6.54 Å². The van der Waals surface area contributed by atoms with Crippen molar-refractivity contribution >= 4 is 5.95 Å². The molecule has 112 valence electrons. The highest BCUT2D eigenvalue weighted by Crippen LogP contribution is 2.26. The van der Waals surface area contributed by atoms with Gasteiger partial charge in [0.25, 0.3) is 0 Å². The largest absolute Gasteiger partial charge is 0.338 e. The van der Waals surface area contributed by atoms with Crippen LogP contribution in [0.5, 0.6) is 0 Å². The molecular formula is C16H28N4. The van der Waals surface area contributed by atoms with Crippen LogP contribution in [0.3, 0.4) is 0 Å². The topological polar surface area (TPSA) is 41.1 Å². The molecule has 0 bridgehead atoms. The Bertz CT molecular complexity index is 444. The maximum absolute atomic E-state index is 4.73. The van der Waals surface area contributed by atoms with E-state index in [-0.39, 0.29) is 0 Å². The Balaban J connectivity index is 2.12. The molecule has 0 aromatic carbocycles. The van der Waals surface area contributed by atoms with Gasteiger partial charge < -0.3 is 10.2 Å². The van der Waals surface area contributed by atoms with Gasteiger partial charge in [-0.2, -0.15) is 0 Å². The molecule has 1 saturated heterocycles. The van der Waals surface area contributed by atoms with E-state index in [1.807, 2.05) is 6.20 Å². The van der Waals surface area contributed by atoms with Crippen LogP contribution in [-0.4, -0.2) is 28.6 Å². The number of nitrogens with zero attached hydrogens (tertiary/aromatic N) is 3. The summed E-state index contributed by atoms with van der Waals surface area (Å²) in [6.45, 7) is 12.9.